The van der Waals surface area contributed by atoms with Crippen molar-refractivity contribution in [2.24, 2.45) is 0 Å². The average Bonchev–Trinajstić information content (AvgIpc) is 3.07. The van der Waals surface area contributed by atoms with E-state index in [0.29, 0.717) is 15.6 Å². The minimum atomic E-state index is 0.437. The van der Waals surface area contributed by atoms with Gasteiger partial charge in [-0.25, -0.2) is 0 Å². The van der Waals surface area contributed by atoms with Crippen molar-refractivity contribution in [1.29, 1.82) is 5.26 Å². The molecule has 0 aliphatic rings. The second kappa shape index (κ2) is 8.17. The number of rotatable bonds is 4. The van der Waals surface area contributed by atoms with Crippen molar-refractivity contribution in [1.82, 2.24) is 4.57 Å². The summed E-state index contributed by atoms with van der Waals surface area (Å²) in [6.45, 7) is 2.85. The highest BCUT2D eigenvalue weighted by Gasteiger charge is 2.10. The van der Waals surface area contributed by atoms with Crippen LogP contribution in [0, 0.1) is 18.3 Å². The van der Waals surface area contributed by atoms with Crippen molar-refractivity contribution in [3.8, 4) is 6.07 Å². The van der Waals surface area contributed by atoms with E-state index in [2.05, 4.69) is 60.2 Å². The van der Waals surface area contributed by atoms with E-state index >= 15 is 0 Å². The summed E-state index contributed by atoms with van der Waals surface area (Å²) in [5.41, 5.74) is 5.90. The van der Waals surface area contributed by atoms with Crippen LogP contribution in [0.1, 0.15) is 22.3 Å². The van der Waals surface area contributed by atoms with Crippen LogP contribution in [0.25, 0.3) is 22.6 Å². The van der Waals surface area contributed by atoms with Gasteiger partial charge in [0, 0.05) is 29.2 Å². The monoisotopic (exact) mass is 416 g/mol. The van der Waals surface area contributed by atoms with Gasteiger partial charge in [-0.3, -0.25) is 0 Å². The second-order valence-corrected chi connectivity index (χ2v) is 7.83. The van der Waals surface area contributed by atoms with Gasteiger partial charge in [-0.2, -0.15) is 5.26 Å². The molecule has 142 valence electrons. The lowest BCUT2D eigenvalue weighted by atomic mass is 10.0. The van der Waals surface area contributed by atoms with Crippen molar-refractivity contribution in [2.45, 2.75) is 13.5 Å². The summed E-state index contributed by atoms with van der Waals surface area (Å²) in [5, 5.41) is 11.8. The molecular weight excluding hydrogens is 399 g/mol. The lowest BCUT2D eigenvalue weighted by molar-refractivity contribution is 0.836. The molecule has 0 unspecified atom stereocenters. The SMILES string of the molecule is Cc1ccc(Cn2cc(/C=C(\C#N)c3ccc(Cl)c(Cl)c3)c3ccccc32)cc1. The zero-order chi connectivity index (χ0) is 20.4. The van der Waals surface area contributed by atoms with Gasteiger partial charge in [0.2, 0.25) is 0 Å². The van der Waals surface area contributed by atoms with Gasteiger partial charge in [0.05, 0.1) is 21.7 Å². The van der Waals surface area contributed by atoms with Crippen LogP contribution in [-0.4, -0.2) is 4.57 Å². The molecule has 0 aliphatic carbocycles. The third-order valence-electron chi connectivity index (χ3n) is 4.94. The summed E-state index contributed by atoms with van der Waals surface area (Å²) in [6.07, 6.45) is 4.01. The van der Waals surface area contributed by atoms with Gasteiger partial charge < -0.3 is 4.57 Å². The predicted octanol–water partition coefficient (Wildman–Crippen LogP) is 7.37. The fraction of sp³-hybridized carbons (Fsp3) is 0.0800. The summed E-state index contributed by atoms with van der Waals surface area (Å²) in [6, 6.07) is 24.3. The standard InChI is InChI=1S/C25H18Cl2N2/c1-17-6-8-18(9-7-17)15-29-16-21(22-4-2-3-5-25(22)29)12-20(14-28)19-10-11-23(26)24(27)13-19/h2-13,16H,15H2,1H3/b20-12+. The highest BCUT2D eigenvalue weighted by atomic mass is 35.5. The van der Waals surface area contributed by atoms with E-state index in [1.807, 2.05) is 24.3 Å². The molecule has 0 radical (unpaired) electrons. The van der Waals surface area contributed by atoms with Gasteiger partial charge in [0.25, 0.3) is 0 Å². The molecule has 29 heavy (non-hydrogen) atoms. The topological polar surface area (TPSA) is 28.7 Å². The second-order valence-electron chi connectivity index (χ2n) is 7.01. The fourth-order valence-corrected chi connectivity index (χ4v) is 3.71. The first-order valence-electron chi connectivity index (χ1n) is 9.26. The van der Waals surface area contributed by atoms with E-state index in [1.165, 1.54) is 11.1 Å². The number of para-hydroxylation sites is 1. The Morgan fingerprint density at radius 3 is 2.48 bits per heavy atom. The maximum absolute atomic E-state index is 9.74. The number of hydrogen-bond acceptors (Lipinski definition) is 1. The molecule has 4 heteroatoms. The van der Waals surface area contributed by atoms with Gasteiger partial charge in [-0.05, 0) is 42.3 Å². The van der Waals surface area contributed by atoms with E-state index < -0.39 is 0 Å². The first kappa shape index (κ1) is 19.3. The zero-order valence-corrected chi connectivity index (χ0v) is 17.4. The molecule has 0 bridgehead atoms. The Balaban J connectivity index is 1.79. The molecule has 4 rings (SSSR count). The number of allylic oxidation sites excluding steroid dienone is 1. The van der Waals surface area contributed by atoms with Crippen LogP contribution in [-0.2, 0) is 6.54 Å². The number of aromatic nitrogens is 1. The van der Waals surface area contributed by atoms with Crippen LogP contribution in [0.4, 0.5) is 0 Å². The van der Waals surface area contributed by atoms with Crippen LogP contribution >= 0.6 is 23.2 Å². The van der Waals surface area contributed by atoms with E-state index in [0.717, 1.165) is 28.6 Å². The normalized spacial score (nSPS) is 11.6. The van der Waals surface area contributed by atoms with E-state index in [-0.39, 0.29) is 0 Å². The lowest BCUT2D eigenvalue weighted by Gasteiger charge is -2.06. The molecule has 0 aliphatic heterocycles. The van der Waals surface area contributed by atoms with Crippen molar-refractivity contribution < 1.29 is 0 Å². The number of nitriles is 1. The van der Waals surface area contributed by atoms with Gasteiger partial charge in [-0.15, -0.1) is 0 Å². The van der Waals surface area contributed by atoms with E-state index in [4.69, 9.17) is 23.2 Å². The van der Waals surface area contributed by atoms with Crippen molar-refractivity contribution in [3.05, 3.63) is 105 Å². The quantitative estimate of drug-likeness (QED) is 0.319. The minimum Gasteiger partial charge on any atom is -0.342 e. The maximum atomic E-state index is 9.74. The molecule has 0 N–H and O–H groups in total. The molecule has 3 aromatic carbocycles. The first-order valence-corrected chi connectivity index (χ1v) is 10.0. The fourth-order valence-electron chi connectivity index (χ4n) is 3.41. The summed E-state index contributed by atoms with van der Waals surface area (Å²) in [5.74, 6) is 0. The summed E-state index contributed by atoms with van der Waals surface area (Å²) < 4.78 is 2.22. The van der Waals surface area contributed by atoms with Crippen molar-refractivity contribution >= 4 is 45.8 Å². The predicted molar refractivity (Wildman–Crippen MR) is 122 cm³/mol. The molecule has 0 amide bonds. The first-order chi connectivity index (χ1) is 14.0. The largest absolute Gasteiger partial charge is 0.342 e. The Bertz CT molecular complexity index is 1260. The van der Waals surface area contributed by atoms with Crippen LogP contribution in [0.2, 0.25) is 10.0 Å². The Hall–Kier alpha value is -2.99. The number of halogens is 2. The Labute approximate surface area is 180 Å². The molecule has 0 spiro atoms. The molecule has 1 aromatic heterocycles. The molecule has 0 atom stereocenters. The molecule has 0 saturated carbocycles. The summed E-state index contributed by atoms with van der Waals surface area (Å²) in [4.78, 5) is 0. The Morgan fingerprint density at radius 1 is 1.00 bits per heavy atom. The molecule has 0 fully saturated rings. The molecule has 2 nitrogen and oxygen atoms in total. The molecular formula is C25H18Cl2N2. The van der Waals surface area contributed by atoms with Crippen molar-refractivity contribution in [3.63, 3.8) is 0 Å². The summed E-state index contributed by atoms with van der Waals surface area (Å²) in [7, 11) is 0. The number of aryl methyl sites for hydroxylation is 1. The lowest BCUT2D eigenvalue weighted by Crippen LogP contribution is -1.97. The number of fused-ring (bicyclic) bond motifs is 1. The Morgan fingerprint density at radius 2 is 1.76 bits per heavy atom. The number of benzene rings is 3. The van der Waals surface area contributed by atoms with Crippen LogP contribution in [0.5, 0.6) is 0 Å². The highest BCUT2D eigenvalue weighted by molar-refractivity contribution is 6.42. The van der Waals surface area contributed by atoms with Crippen molar-refractivity contribution in [2.75, 3.05) is 0 Å². The van der Waals surface area contributed by atoms with Crippen LogP contribution in [0.15, 0.2) is 72.9 Å². The van der Waals surface area contributed by atoms with Gasteiger partial charge >= 0.3 is 0 Å². The number of nitrogens with zero attached hydrogens (tertiary/aromatic N) is 2. The summed E-state index contributed by atoms with van der Waals surface area (Å²) >= 11 is 12.2. The number of hydrogen-bond donors (Lipinski definition) is 0. The van der Waals surface area contributed by atoms with Gasteiger partial charge in [0.15, 0.2) is 0 Å². The Kier molecular flexibility index (Phi) is 5.45. The highest BCUT2D eigenvalue weighted by Crippen LogP contribution is 2.30. The minimum absolute atomic E-state index is 0.437. The van der Waals surface area contributed by atoms with Gasteiger partial charge in [0.1, 0.15) is 0 Å². The van der Waals surface area contributed by atoms with E-state index in [9.17, 15) is 5.26 Å². The molecule has 1 heterocycles. The van der Waals surface area contributed by atoms with Crippen LogP contribution < -0.4 is 0 Å². The molecule has 0 saturated heterocycles. The zero-order valence-electron chi connectivity index (χ0n) is 15.9. The smallest absolute Gasteiger partial charge is 0.0998 e. The third kappa shape index (κ3) is 4.07. The van der Waals surface area contributed by atoms with Crippen LogP contribution in [0.3, 0.4) is 0 Å². The van der Waals surface area contributed by atoms with E-state index in [1.54, 1.807) is 12.1 Å². The molecule has 4 aromatic rings. The third-order valence-corrected chi connectivity index (χ3v) is 5.68. The maximum Gasteiger partial charge on any atom is 0.0998 e. The van der Waals surface area contributed by atoms with Gasteiger partial charge in [-0.1, -0.05) is 77.3 Å². The average molecular weight is 417 g/mol.